The van der Waals surface area contributed by atoms with E-state index >= 15 is 0 Å². The lowest BCUT2D eigenvalue weighted by Gasteiger charge is -2.23. The van der Waals surface area contributed by atoms with Crippen molar-refractivity contribution in [1.29, 1.82) is 0 Å². The highest BCUT2D eigenvalue weighted by Crippen LogP contribution is 2.28. The zero-order valence-corrected chi connectivity index (χ0v) is 21.1. The maximum Gasteiger partial charge on any atom is 0.232 e. The smallest absolute Gasteiger partial charge is 0.232 e. The molecule has 0 radical (unpaired) electrons. The minimum Gasteiger partial charge on any atom is -0.355 e. The Morgan fingerprint density at radius 2 is 1.77 bits per heavy atom. The average molecular weight is 504 g/mol. The number of carbonyl (C=O) groups excluding carboxylic acids is 1. The third-order valence-electron chi connectivity index (χ3n) is 4.82. The summed E-state index contributed by atoms with van der Waals surface area (Å²) in [6.45, 7) is 4.72. The van der Waals surface area contributed by atoms with E-state index in [1.165, 1.54) is 10.6 Å². The van der Waals surface area contributed by atoms with E-state index in [1.807, 2.05) is 44.2 Å². The molecule has 0 unspecified atom stereocenters. The number of benzene rings is 2. The van der Waals surface area contributed by atoms with Crippen molar-refractivity contribution in [2.75, 3.05) is 29.4 Å². The van der Waals surface area contributed by atoms with Crippen LogP contribution in [0.15, 0.2) is 36.4 Å². The first-order valence-corrected chi connectivity index (χ1v) is 13.7. The topological polar surface area (TPSA) is 66.5 Å². The predicted octanol–water partition coefficient (Wildman–Crippen LogP) is 5.21. The number of rotatable bonds is 11. The number of anilines is 1. The highest BCUT2D eigenvalue weighted by molar-refractivity contribution is 7.98. The largest absolute Gasteiger partial charge is 0.355 e. The molecule has 0 saturated heterocycles. The van der Waals surface area contributed by atoms with Gasteiger partial charge in [-0.25, -0.2) is 8.42 Å². The van der Waals surface area contributed by atoms with Gasteiger partial charge in [0.25, 0.3) is 0 Å². The maximum absolute atomic E-state index is 12.2. The standard InChI is InChI=1S/C22H28Cl2N2O3S2/c1-16-9-10-18(14-17(16)2)26(31(3,28)29)12-5-8-22(27)25-11-13-30-15-19-20(23)6-4-7-21(19)24/h4,6-7,9-10,14H,5,8,11-13,15H2,1-3H3,(H,25,27). The third-order valence-corrected chi connectivity index (χ3v) is 7.71. The predicted molar refractivity (Wildman–Crippen MR) is 133 cm³/mol. The average Bonchev–Trinajstić information content (AvgIpc) is 2.68. The summed E-state index contributed by atoms with van der Waals surface area (Å²) in [5.41, 5.74) is 3.65. The van der Waals surface area contributed by atoms with Gasteiger partial charge in [-0.3, -0.25) is 9.10 Å². The molecule has 170 valence electrons. The fraction of sp³-hybridized carbons (Fsp3) is 0.409. The number of sulfonamides is 1. The zero-order valence-electron chi connectivity index (χ0n) is 18.0. The molecule has 0 aliphatic carbocycles. The van der Waals surface area contributed by atoms with Gasteiger partial charge in [0.15, 0.2) is 0 Å². The van der Waals surface area contributed by atoms with Crippen LogP contribution in [-0.2, 0) is 20.6 Å². The lowest BCUT2D eigenvalue weighted by molar-refractivity contribution is -0.121. The van der Waals surface area contributed by atoms with Gasteiger partial charge in [-0.05, 0) is 61.2 Å². The molecule has 2 aromatic carbocycles. The fourth-order valence-electron chi connectivity index (χ4n) is 2.95. The molecule has 0 atom stereocenters. The second kappa shape index (κ2) is 12.0. The SMILES string of the molecule is Cc1ccc(N(CCCC(=O)NCCSCc2c(Cl)cccc2Cl)S(C)(=O)=O)cc1C. The second-order valence-electron chi connectivity index (χ2n) is 7.31. The Morgan fingerprint density at radius 1 is 1.10 bits per heavy atom. The van der Waals surface area contributed by atoms with Gasteiger partial charge in [-0.15, -0.1) is 0 Å². The third kappa shape index (κ3) is 8.22. The summed E-state index contributed by atoms with van der Waals surface area (Å²) in [5, 5.41) is 4.16. The molecule has 5 nitrogen and oxygen atoms in total. The molecule has 0 aliphatic rings. The van der Waals surface area contributed by atoms with Crippen molar-refractivity contribution in [3.05, 3.63) is 63.1 Å². The van der Waals surface area contributed by atoms with E-state index in [0.29, 0.717) is 34.5 Å². The summed E-state index contributed by atoms with van der Waals surface area (Å²) in [4.78, 5) is 12.1. The van der Waals surface area contributed by atoms with Crippen LogP contribution < -0.4 is 9.62 Å². The molecule has 0 fully saturated rings. The van der Waals surface area contributed by atoms with Crippen LogP contribution in [0.25, 0.3) is 0 Å². The lowest BCUT2D eigenvalue weighted by atomic mass is 10.1. The van der Waals surface area contributed by atoms with Gasteiger partial charge in [0.1, 0.15) is 0 Å². The monoisotopic (exact) mass is 502 g/mol. The Bertz CT molecular complexity index is 994. The highest BCUT2D eigenvalue weighted by Gasteiger charge is 2.18. The van der Waals surface area contributed by atoms with E-state index in [4.69, 9.17) is 23.2 Å². The van der Waals surface area contributed by atoms with Crippen LogP contribution in [0.4, 0.5) is 5.69 Å². The minimum atomic E-state index is -3.43. The summed E-state index contributed by atoms with van der Waals surface area (Å²) in [7, 11) is -3.43. The van der Waals surface area contributed by atoms with Crippen molar-refractivity contribution in [1.82, 2.24) is 5.32 Å². The van der Waals surface area contributed by atoms with Gasteiger partial charge < -0.3 is 5.32 Å². The fourth-order valence-corrected chi connectivity index (χ4v) is 5.50. The molecular weight excluding hydrogens is 475 g/mol. The minimum absolute atomic E-state index is 0.0927. The van der Waals surface area contributed by atoms with Crippen LogP contribution in [0, 0.1) is 13.8 Å². The van der Waals surface area contributed by atoms with E-state index in [0.717, 1.165) is 22.4 Å². The van der Waals surface area contributed by atoms with Crippen molar-refractivity contribution < 1.29 is 13.2 Å². The Labute approximate surface area is 199 Å². The molecule has 1 amide bonds. The van der Waals surface area contributed by atoms with Gasteiger partial charge in [-0.2, -0.15) is 11.8 Å². The molecule has 0 bridgehead atoms. The molecule has 1 N–H and O–H groups in total. The molecule has 31 heavy (non-hydrogen) atoms. The zero-order chi connectivity index (χ0) is 23.0. The summed E-state index contributed by atoms with van der Waals surface area (Å²) in [6, 6.07) is 11.0. The first kappa shape index (κ1) is 25.8. The molecule has 0 spiro atoms. The molecule has 0 heterocycles. The molecular formula is C22H28Cl2N2O3S2. The molecule has 0 aromatic heterocycles. The number of nitrogens with zero attached hydrogens (tertiary/aromatic N) is 1. The number of thioether (sulfide) groups is 1. The number of amides is 1. The number of nitrogens with one attached hydrogen (secondary N) is 1. The maximum atomic E-state index is 12.2. The van der Waals surface area contributed by atoms with Crippen molar-refractivity contribution in [3.63, 3.8) is 0 Å². The molecule has 2 rings (SSSR count). The van der Waals surface area contributed by atoms with E-state index in [2.05, 4.69) is 5.32 Å². The number of aryl methyl sites for hydroxylation is 2. The van der Waals surface area contributed by atoms with Crippen LogP contribution >= 0.6 is 35.0 Å². The molecule has 9 heteroatoms. The molecule has 0 saturated carbocycles. The van der Waals surface area contributed by atoms with E-state index in [1.54, 1.807) is 17.8 Å². The van der Waals surface area contributed by atoms with Gasteiger partial charge in [0.05, 0.1) is 11.9 Å². The first-order chi connectivity index (χ1) is 14.6. The Hall–Kier alpha value is -1.41. The summed E-state index contributed by atoms with van der Waals surface area (Å²) in [5.74, 6) is 1.31. The Kier molecular flexibility index (Phi) is 10.0. The molecule has 0 aliphatic heterocycles. The van der Waals surface area contributed by atoms with Gasteiger partial charge >= 0.3 is 0 Å². The van der Waals surface area contributed by atoms with Crippen molar-refractivity contribution in [3.8, 4) is 0 Å². The number of carbonyl (C=O) groups is 1. The second-order valence-corrected chi connectivity index (χ2v) is 11.1. The first-order valence-electron chi connectivity index (χ1n) is 9.92. The van der Waals surface area contributed by atoms with Crippen LogP contribution in [-0.4, -0.2) is 39.4 Å². The molecule has 2 aromatic rings. The summed E-state index contributed by atoms with van der Waals surface area (Å²) < 4.78 is 25.8. The quantitative estimate of drug-likeness (QED) is 0.428. The van der Waals surface area contributed by atoms with E-state index in [-0.39, 0.29) is 18.9 Å². The Balaban J connectivity index is 1.75. The van der Waals surface area contributed by atoms with Gasteiger partial charge in [0.2, 0.25) is 15.9 Å². The summed E-state index contributed by atoms with van der Waals surface area (Å²) in [6.07, 6.45) is 1.89. The van der Waals surface area contributed by atoms with Crippen LogP contribution in [0.2, 0.25) is 10.0 Å². The summed E-state index contributed by atoms with van der Waals surface area (Å²) >= 11 is 13.9. The van der Waals surface area contributed by atoms with E-state index in [9.17, 15) is 13.2 Å². The van der Waals surface area contributed by atoms with Crippen molar-refractivity contribution in [2.45, 2.75) is 32.4 Å². The normalized spacial score (nSPS) is 11.4. The van der Waals surface area contributed by atoms with Crippen molar-refractivity contribution in [2.24, 2.45) is 0 Å². The van der Waals surface area contributed by atoms with Crippen molar-refractivity contribution >= 4 is 56.6 Å². The van der Waals surface area contributed by atoms with Gasteiger partial charge in [0, 0.05) is 41.1 Å². The highest BCUT2D eigenvalue weighted by atomic mass is 35.5. The lowest BCUT2D eigenvalue weighted by Crippen LogP contribution is -2.32. The van der Waals surface area contributed by atoms with E-state index < -0.39 is 10.0 Å². The van der Waals surface area contributed by atoms with Crippen LogP contribution in [0.1, 0.15) is 29.5 Å². The number of hydrogen-bond acceptors (Lipinski definition) is 4. The van der Waals surface area contributed by atoms with Crippen LogP contribution in [0.3, 0.4) is 0 Å². The van der Waals surface area contributed by atoms with Crippen LogP contribution in [0.5, 0.6) is 0 Å². The van der Waals surface area contributed by atoms with Gasteiger partial charge in [-0.1, -0.05) is 35.3 Å². The Morgan fingerprint density at radius 3 is 2.39 bits per heavy atom. The number of hydrogen-bond donors (Lipinski definition) is 1. The number of halogens is 2.